The van der Waals surface area contributed by atoms with E-state index in [2.05, 4.69) is 0 Å². The van der Waals surface area contributed by atoms with E-state index in [-0.39, 0.29) is 46.0 Å². The second-order valence-electron chi connectivity index (χ2n) is 30.0. The molecule has 20 heteroatoms. The summed E-state index contributed by atoms with van der Waals surface area (Å²) < 4.78 is 24.0. The van der Waals surface area contributed by atoms with Gasteiger partial charge in [-0.3, -0.25) is 0 Å². The van der Waals surface area contributed by atoms with Crippen LogP contribution in [0.3, 0.4) is 0 Å². The summed E-state index contributed by atoms with van der Waals surface area (Å²) in [4.78, 5) is 0. The van der Waals surface area contributed by atoms with Gasteiger partial charge >= 0.3 is 0 Å². The summed E-state index contributed by atoms with van der Waals surface area (Å²) in [7, 11) is 0. The third kappa shape index (κ3) is 24.6. The van der Waals surface area contributed by atoms with Crippen LogP contribution in [0.1, 0.15) is 89.0 Å². The minimum absolute atomic E-state index is 0.219. The van der Waals surface area contributed by atoms with Crippen molar-refractivity contribution >= 4 is 45.5 Å². The van der Waals surface area contributed by atoms with Crippen LogP contribution in [0.25, 0.3) is 0 Å². The van der Waals surface area contributed by atoms with Crippen LogP contribution < -0.4 is 64.8 Å². The molecule has 16 aromatic rings. The molecule has 0 unspecified atom stereocenters. The summed E-state index contributed by atoms with van der Waals surface area (Å²) in [5, 5.41) is 77.7. The van der Waals surface area contributed by atoms with Gasteiger partial charge in [0.05, 0.1) is 0 Å². The minimum atomic E-state index is 0.219. The molecule has 0 radical (unpaired) electrons. The van der Waals surface area contributed by atoms with Crippen LogP contribution in [0.15, 0.2) is 340 Å². The highest BCUT2D eigenvalue weighted by molar-refractivity contribution is 5.65. The number of anilines is 8. The Bertz CT molecular complexity index is 6180. The van der Waals surface area contributed by atoms with Gasteiger partial charge < -0.3 is 106 Å². The highest BCUT2D eigenvalue weighted by Gasteiger charge is 2.18. The van der Waals surface area contributed by atoms with Crippen LogP contribution in [0.4, 0.5) is 45.5 Å². The summed E-state index contributed by atoms with van der Waals surface area (Å²) in [6.07, 6.45) is 4.78. The predicted molar refractivity (Wildman–Crippen MR) is 494 cm³/mol. The number of nitrogen functional groups attached to an aromatic ring is 8. The molecule has 16 rings (SSSR count). The Morgan fingerprint density at radius 2 is 0.452 bits per heavy atom. The number of nitrogens with two attached hydrogens (primary N) is 8. The van der Waals surface area contributed by atoms with E-state index < -0.39 is 0 Å². The molecule has 0 saturated carbocycles. The molecule has 0 heterocycles. The molecule has 0 saturated heterocycles. The van der Waals surface area contributed by atoms with E-state index in [1.54, 1.807) is 133 Å². The molecule has 24 N–H and O–H groups in total. The molecule has 0 aliphatic rings. The Kier molecular flexibility index (Phi) is 27.8. The lowest BCUT2D eigenvalue weighted by molar-refractivity contribution is 0.468. The first-order valence-electron chi connectivity index (χ1n) is 39.9. The minimum Gasteiger partial charge on any atom is -0.508 e. The fourth-order valence-corrected chi connectivity index (χ4v) is 13.7. The van der Waals surface area contributed by atoms with Gasteiger partial charge in [-0.1, -0.05) is 109 Å². The van der Waals surface area contributed by atoms with Crippen molar-refractivity contribution in [3.63, 3.8) is 0 Å². The van der Waals surface area contributed by atoms with Crippen LogP contribution in [-0.2, 0) is 51.4 Å². The Balaban J connectivity index is 0.000000142. The number of aromatic hydroxyl groups is 8. The normalized spacial score (nSPS) is 10.7. The third-order valence-electron chi connectivity index (χ3n) is 20.5. The molecule has 0 aromatic heterocycles. The Morgan fingerprint density at radius 3 is 0.823 bits per heavy atom. The quantitative estimate of drug-likeness (QED) is 0.0250. The molecular weight excluding hydrogens is 1550 g/mol. The number of benzene rings is 16. The Morgan fingerprint density at radius 1 is 0.177 bits per heavy atom. The van der Waals surface area contributed by atoms with Gasteiger partial charge in [-0.15, -0.1) is 0 Å². The van der Waals surface area contributed by atoms with Gasteiger partial charge in [0.2, 0.25) is 0 Å². The zero-order valence-electron chi connectivity index (χ0n) is 67.8. The van der Waals surface area contributed by atoms with Crippen molar-refractivity contribution in [2.24, 2.45) is 0 Å². The lowest BCUT2D eigenvalue weighted by atomic mass is 9.95. The lowest BCUT2D eigenvalue weighted by Crippen LogP contribution is -2.04. The molecule has 0 atom stereocenters. The maximum Gasteiger partial charge on any atom is 0.133 e. The number of ether oxygens (including phenoxy) is 4. The molecule has 0 aliphatic heterocycles. The van der Waals surface area contributed by atoms with E-state index >= 15 is 0 Å². The highest BCUT2D eigenvalue weighted by Crippen LogP contribution is 2.39. The monoisotopic (exact) mass is 1650 g/mol. The average molecular weight is 1650 g/mol. The van der Waals surface area contributed by atoms with Crippen LogP contribution in [0.5, 0.6) is 92.0 Å². The second-order valence-corrected chi connectivity index (χ2v) is 30.0. The maximum absolute atomic E-state index is 10.3. The molecule has 0 fully saturated rings. The van der Waals surface area contributed by atoms with Gasteiger partial charge in [0.15, 0.2) is 0 Å². The largest absolute Gasteiger partial charge is 0.508 e. The summed E-state index contributed by atoms with van der Waals surface area (Å²) in [5.41, 5.74) is 69.5. The molecule has 0 bridgehead atoms. The van der Waals surface area contributed by atoms with Gasteiger partial charge in [0, 0.05) is 76.4 Å². The van der Waals surface area contributed by atoms with E-state index in [1.807, 2.05) is 206 Å². The standard InChI is InChI=1S/4C26H24N2O3/c27-20-6-12-23(13-7-20)31-25-14-5-19(15-17-1-8-21(29)9-2-17)26(28)24(25)16-18-3-10-22(30)11-4-18;27-21-5-10-23(11-6-21)31-24-9-4-19(25(28)16-24)14-18-3-12-26(30)20(15-18)13-17-1-7-22(29)8-2-17;27-21-5-11-24(12-6-21)31-25-15-19(13-17-1-7-22(29)8-2-17)26(28)20(16-25)14-18-3-9-23(30)10-4-18;27-21-4-8-23(9-5-21)31-24-10-11-25(28)19(16-24)14-18-3-12-26(30)20(15-18)13-17-1-6-22(29)7-2-17/h1-14,29-30H,15-16,27-28H2;3*1-12,15-16,29-30H,13-14,27-28H2. The van der Waals surface area contributed by atoms with E-state index in [0.717, 1.165) is 89.0 Å². The smallest absolute Gasteiger partial charge is 0.133 e. The van der Waals surface area contributed by atoms with E-state index in [4.69, 9.17) is 64.8 Å². The molecule has 16 aromatic carbocycles. The van der Waals surface area contributed by atoms with Gasteiger partial charge in [0.1, 0.15) is 92.0 Å². The lowest BCUT2D eigenvalue weighted by Gasteiger charge is -2.17. The highest BCUT2D eigenvalue weighted by atomic mass is 16.5. The molecule has 0 spiro atoms. The van der Waals surface area contributed by atoms with E-state index in [9.17, 15) is 40.9 Å². The number of phenolic OH excluding ortho intramolecular Hbond substituents is 8. The predicted octanol–water partition coefficient (Wildman–Crippen LogP) is 20.9. The van der Waals surface area contributed by atoms with Crippen molar-refractivity contribution in [1.29, 1.82) is 0 Å². The van der Waals surface area contributed by atoms with Crippen LogP contribution in [0.2, 0.25) is 0 Å². The summed E-state index contributed by atoms with van der Waals surface area (Å²) >= 11 is 0. The first-order valence-corrected chi connectivity index (χ1v) is 39.9. The van der Waals surface area contributed by atoms with Crippen LogP contribution >= 0.6 is 0 Å². The maximum atomic E-state index is 10.3. The molecule has 0 amide bonds. The third-order valence-corrected chi connectivity index (χ3v) is 20.5. The molecular formula is C104H96N8O12. The number of hydrogen-bond donors (Lipinski definition) is 16. The number of phenols is 8. The molecule has 124 heavy (non-hydrogen) atoms. The summed E-state index contributed by atoms with van der Waals surface area (Å²) in [6, 6.07) is 101. The average Bonchev–Trinajstić information content (AvgIpc) is 0.813. The van der Waals surface area contributed by atoms with Crippen molar-refractivity contribution in [1.82, 2.24) is 0 Å². The van der Waals surface area contributed by atoms with Gasteiger partial charge in [-0.2, -0.15) is 0 Å². The number of rotatable bonds is 24. The van der Waals surface area contributed by atoms with Crippen molar-refractivity contribution in [3.05, 3.63) is 429 Å². The first-order chi connectivity index (χ1) is 59.8. The van der Waals surface area contributed by atoms with Crippen molar-refractivity contribution in [2.45, 2.75) is 51.4 Å². The van der Waals surface area contributed by atoms with Crippen molar-refractivity contribution in [2.75, 3.05) is 45.9 Å². The fraction of sp³-hybridized carbons (Fsp3) is 0.0769. The topological polar surface area (TPSA) is 407 Å². The zero-order valence-corrected chi connectivity index (χ0v) is 67.8. The summed E-state index contributed by atoms with van der Waals surface area (Å²) in [6.45, 7) is 0. The van der Waals surface area contributed by atoms with E-state index in [0.29, 0.717) is 143 Å². The van der Waals surface area contributed by atoms with Crippen LogP contribution in [0, 0.1) is 0 Å². The van der Waals surface area contributed by atoms with E-state index in [1.165, 1.54) is 0 Å². The first kappa shape index (κ1) is 85.4. The number of hydrogen-bond acceptors (Lipinski definition) is 20. The summed E-state index contributed by atoms with van der Waals surface area (Å²) in [5.74, 6) is 7.29. The Labute approximate surface area is 719 Å². The molecule has 0 aliphatic carbocycles. The van der Waals surface area contributed by atoms with Crippen LogP contribution in [-0.4, -0.2) is 40.9 Å². The van der Waals surface area contributed by atoms with Crippen molar-refractivity contribution < 1.29 is 59.8 Å². The Hall–Kier alpha value is -16.5. The van der Waals surface area contributed by atoms with Gasteiger partial charge in [-0.25, -0.2) is 0 Å². The molecule has 624 valence electrons. The fourth-order valence-electron chi connectivity index (χ4n) is 13.7. The van der Waals surface area contributed by atoms with Gasteiger partial charge in [0.25, 0.3) is 0 Å². The zero-order chi connectivity index (χ0) is 87.2. The SMILES string of the molecule is Nc1ccc(Oc2cc(Cc3ccc(O)cc3)c(N)c(Cc3ccc(O)cc3)c2)cc1.Nc1ccc(Oc2ccc(Cc3ccc(O)c(Cc4ccc(O)cc4)c3)c(N)c2)cc1.Nc1ccc(Oc2ccc(Cc3ccc(O)cc3)c(N)c2Cc2ccc(O)cc2)cc1.Nc1ccc(Oc2ccc(N)c(Cc3ccc(O)c(Cc4ccc(O)cc4)c3)c2)cc1. The second kappa shape index (κ2) is 40.3. The van der Waals surface area contributed by atoms with Crippen molar-refractivity contribution in [3.8, 4) is 92.0 Å². The van der Waals surface area contributed by atoms with Gasteiger partial charge in [-0.05, 0) is 340 Å². The molecule has 20 nitrogen and oxygen atoms in total.